The molecule has 2 aliphatic rings. The molecule has 0 aromatic carbocycles. The Bertz CT molecular complexity index is 784. The normalized spacial score (nSPS) is 36.8. The van der Waals surface area contributed by atoms with E-state index in [1.165, 1.54) is 0 Å². The monoisotopic (exact) mass is 510 g/mol. The molecule has 2 heterocycles. The summed E-state index contributed by atoms with van der Waals surface area (Å²) in [6.45, 7) is 2.12. The van der Waals surface area contributed by atoms with Gasteiger partial charge in [-0.3, -0.25) is 19.2 Å². The predicted molar refractivity (Wildman–Crippen MR) is 107 cm³/mol. The summed E-state index contributed by atoms with van der Waals surface area (Å²) in [5.74, 6) is -5.61. The van der Waals surface area contributed by atoms with E-state index in [2.05, 4.69) is 0 Å². The molecule has 0 spiro atoms. The van der Waals surface area contributed by atoms with Gasteiger partial charge in [0, 0.05) is 27.7 Å². The molecule has 2 saturated heterocycles. The quantitative estimate of drug-likeness (QED) is 0.178. The van der Waals surface area contributed by atoms with Crippen molar-refractivity contribution >= 4 is 23.9 Å². The van der Waals surface area contributed by atoms with E-state index in [4.69, 9.17) is 33.2 Å². The van der Waals surface area contributed by atoms with Gasteiger partial charge in [-0.2, -0.15) is 0 Å². The first-order valence-electron chi connectivity index (χ1n) is 10.6. The summed E-state index contributed by atoms with van der Waals surface area (Å²) in [6, 6.07) is 0. The smallest absolute Gasteiger partial charge is 0.303 e. The van der Waals surface area contributed by atoms with Crippen LogP contribution in [0.3, 0.4) is 0 Å². The SMILES string of the molecule is CC(=O)OC[C@H]1O[C@@H](O[C@]2(COC(C)=O)O[C@H](CO)[C@@H](O)[C@@H]2O)[C@H](OC(C)=O)[C@@H](O)[C@@H]1OC(C)=O. The first kappa shape index (κ1) is 28.8. The number of carbonyl (C=O) groups is 4. The van der Waals surface area contributed by atoms with E-state index >= 15 is 0 Å². The van der Waals surface area contributed by atoms with Crippen LogP contribution in [0.1, 0.15) is 27.7 Å². The third kappa shape index (κ3) is 7.07. The minimum Gasteiger partial charge on any atom is -0.463 e. The van der Waals surface area contributed by atoms with Crippen molar-refractivity contribution in [3.05, 3.63) is 0 Å². The number of carbonyl (C=O) groups excluding carboxylic acids is 4. The fourth-order valence-corrected chi connectivity index (χ4v) is 3.63. The molecule has 0 aliphatic carbocycles. The van der Waals surface area contributed by atoms with Crippen LogP contribution in [-0.4, -0.2) is 119 Å². The minimum atomic E-state index is -2.35. The van der Waals surface area contributed by atoms with Crippen molar-refractivity contribution in [2.45, 2.75) is 82.5 Å². The van der Waals surface area contributed by atoms with Crippen molar-refractivity contribution in [1.82, 2.24) is 0 Å². The second kappa shape index (κ2) is 12.0. The van der Waals surface area contributed by atoms with Crippen LogP contribution >= 0.6 is 0 Å². The summed E-state index contributed by atoms with van der Waals surface area (Å²) in [6.07, 6.45) is -13.1. The van der Waals surface area contributed by atoms with Crippen molar-refractivity contribution in [3.8, 4) is 0 Å². The fourth-order valence-electron chi connectivity index (χ4n) is 3.63. The van der Waals surface area contributed by atoms with Gasteiger partial charge in [-0.25, -0.2) is 0 Å². The van der Waals surface area contributed by atoms with Crippen LogP contribution in [0, 0.1) is 0 Å². The summed E-state index contributed by atoms with van der Waals surface area (Å²) in [5, 5.41) is 41.2. The zero-order chi connectivity index (χ0) is 26.5. The minimum absolute atomic E-state index is 0.529. The van der Waals surface area contributed by atoms with Gasteiger partial charge in [-0.1, -0.05) is 0 Å². The standard InChI is InChI=1S/C20H30O15/c1-8(22)29-6-13-16(31-10(3)24)15(27)17(32-11(4)25)19(33-13)35-20(7-30-9(2)23)18(28)14(26)12(5-21)34-20/h12-19,21,26-28H,5-7H2,1-4H3/t12-,13-,14-,15+,16-,17-,18+,19+,20+/m1/s1. The summed E-state index contributed by atoms with van der Waals surface area (Å²) in [5.41, 5.74) is 0. The number of rotatable bonds is 9. The maximum atomic E-state index is 11.7. The number of hydrogen-bond acceptors (Lipinski definition) is 15. The third-order valence-electron chi connectivity index (χ3n) is 5.15. The largest absolute Gasteiger partial charge is 0.463 e. The third-order valence-corrected chi connectivity index (χ3v) is 5.15. The zero-order valence-electron chi connectivity index (χ0n) is 19.5. The van der Waals surface area contributed by atoms with Gasteiger partial charge in [0.25, 0.3) is 0 Å². The molecule has 2 rings (SSSR count). The average molecular weight is 510 g/mol. The fraction of sp³-hybridized carbons (Fsp3) is 0.800. The molecular weight excluding hydrogens is 480 g/mol. The maximum absolute atomic E-state index is 11.7. The molecule has 9 atom stereocenters. The zero-order valence-corrected chi connectivity index (χ0v) is 19.5. The molecule has 15 nitrogen and oxygen atoms in total. The first-order valence-corrected chi connectivity index (χ1v) is 10.6. The Kier molecular flexibility index (Phi) is 9.91. The van der Waals surface area contributed by atoms with Crippen LogP contribution in [0.25, 0.3) is 0 Å². The first-order chi connectivity index (χ1) is 16.3. The van der Waals surface area contributed by atoms with Crippen LogP contribution in [0.5, 0.6) is 0 Å². The molecule has 0 aromatic rings. The molecule has 0 unspecified atom stereocenters. The molecule has 2 aliphatic heterocycles. The van der Waals surface area contributed by atoms with Gasteiger partial charge < -0.3 is 53.6 Å². The van der Waals surface area contributed by atoms with Crippen molar-refractivity contribution in [1.29, 1.82) is 0 Å². The molecule has 2 fully saturated rings. The molecule has 0 radical (unpaired) electrons. The molecule has 0 aromatic heterocycles. The van der Waals surface area contributed by atoms with Crippen LogP contribution in [0.15, 0.2) is 0 Å². The lowest BCUT2D eigenvalue weighted by molar-refractivity contribution is -0.384. The van der Waals surface area contributed by atoms with Crippen LogP contribution in [0.4, 0.5) is 0 Å². The molecule has 0 saturated carbocycles. The van der Waals surface area contributed by atoms with Crippen LogP contribution < -0.4 is 0 Å². The number of esters is 4. The van der Waals surface area contributed by atoms with Gasteiger partial charge in [0.15, 0.2) is 12.2 Å². The van der Waals surface area contributed by atoms with Gasteiger partial charge in [0.2, 0.25) is 12.1 Å². The van der Waals surface area contributed by atoms with Crippen molar-refractivity contribution < 1.29 is 72.8 Å². The number of hydrogen-bond donors (Lipinski definition) is 4. The number of aliphatic hydroxyl groups excluding tert-OH is 4. The summed E-state index contributed by atoms with van der Waals surface area (Å²) in [4.78, 5) is 46.1. The highest BCUT2D eigenvalue weighted by atomic mass is 16.8. The van der Waals surface area contributed by atoms with Crippen LogP contribution in [-0.2, 0) is 52.3 Å². The summed E-state index contributed by atoms with van der Waals surface area (Å²) in [7, 11) is 0. The van der Waals surface area contributed by atoms with Gasteiger partial charge in [-0.15, -0.1) is 0 Å². The lowest BCUT2D eigenvalue weighted by atomic mass is 9.98. The van der Waals surface area contributed by atoms with E-state index in [1.807, 2.05) is 0 Å². The summed E-state index contributed by atoms with van der Waals surface area (Å²) >= 11 is 0. The van der Waals surface area contributed by atoms with E-state index < -0.39 is 98.5 Å². The number of aliphatic hydroxyl groups is 4. The average Bonchev–Trinajstić information content (AvgIpc) is 3.00. The molecule has 0 amide bonds. The number of ether oxygens (including phenoxy) is 7. The van der Waals surface area contributed by atoms with Crippen molar-refractivity contribution in [3.63, 3.8) is 0 Å². The van der Waals surface area contributed by atoms with Crippen LogP contribution in [0.2, 0.25) is 0 Å². The highest BCUT2D eigenvalue weighted by Crippen LogP contribution is 2.37. The topological polar surface area (TPSA) is 214 Å². The molecular formula is C20H30O15. The van der Waals surface area contributed by atoms with Gasteiger partial charge >= 0.3 is 23.9 Å². The van der Waals surface area contributed by atoms with Crippen molar-refractivity contribution in [2.24, 2.45) is 0 Å². The molecule has 4 N–H and O–H groups in total. The molecule has 200 valence electrons. The maximum Gasteiger partial charge on any atom is 0.303 e. The second-order valence-electron chi connectivity index (χ2n) is 7.97. The second-order valence-corrected chi connectivity index (χ2v) is 7.97. The Hall–Kier alpha value is -2.40. The molecule has 0 bridgehead atoms. The van der Waals surface area contributed by atoms with Gasteiger partial charge in [0.1, 0.15) is 43.7 Å². The highest BCUT2D eigenvalue weighted by molar-refractivity contribution is 5.67. The Balaban J connectivity index is 2.44. The van der Waals surface area contributed by atoms with Gasteiger partial charge in [-0.05, 0) is 0 Å². The Labute approximate surface area is 199 Å². The van der Waals surface area contributed by atoms with E-state index in [0.29, 0.717) is 0 Å². The predicted octanol–water partition coefficient (Wildman–Crippen LogP) is -3.11. The van der Waals surface area contributed by atoms with E-state index in [9.17, 15) is 39.6 Å². The van der Waals surface area contributed by atoms with E-state index in [1.54, 1.807) is 0 Å². The molecule has 15 heteroatoms. The highest BCUT2D eigenvalue weighted by Gasteiger charge is 2.60. The Morgan fingerprint density at radius 2 is 1.37 bits per heavy atom. The van der Waals surface area contributed by atoms with Crippen molar-refractivity contribution in [2.75, 3.05) is 19.8 Å². The summed E-state index contributed by atoms with van der Waals surface area (Å²) < 4.78 is 36.9. The lowest BCUT2D eigenvalue weighted by Crippen LogP contribution is -2.64. The Morgan fingerprint density at radius 1 is 0.800 bits per heavy atom. The molecule has 35 heavy (non-hydrogen) atoms. The Morgan fingerprint density at radius 3 is 1.86 bits per heavy atom. The van der Waals surface area contributed by atoms with E-state index in [-0.39, 0.29) is 0 Å². The van der Waals surface area contributed by atoms with E-state index in [0.717, 1.165) is 27.7 Å². The van der Waals surface area contributed by atoms with Gasteiger partial charge in [0.05, 0.1) is 6.61 Å². The lowest BCUT2D eigenvalue weighted by Gasteiger charge is -2.45.